The zero-order chi connectivity index (χ0) is 11.7. The van der Waals surface area contributed by atoms with Crippen molar-refractivity contribution >= 4 is 11.7 Å². The first-order valence-electron chi connectivity index (χ1n) is 5.35. The zero-order valence-corrected chi connectivity index (χ0v) is 9.18. The van der Waals surface area contributed by atoms with Gasteiger partial charge in [-0.3, -0.25) is 0 Å². The van der Waals surface area contributed by atoms with E-state index >= 15 is 0 Å². The minimum atomic E-state index is -0.817. The number of nitrogens with zero attached hydrogens (tertiary/aromatic N) is 1. The molecule has 0 fully saturated rings. The highest BCUT2D eigenvalue weighted by Gasteiger charge is 2.27. The average molecular weight is 221 g/mol. The molecule has 0 amide bonds. The molecule has 0 saturated carbocycles. The van der Waals surface area contributed by atoms with Crippen LogP contribution in [0.3, 0.4) is 0 Å². The lowest BCUT2D eigenvalue weighted by atomic mass is 10.1. The highest BCUT2D eigenvalue weighted by molar-refractivity contribution is 5.79. The molecular formula is C12H15NO3. The Labute approximate surface area is 94.1 Å². The van der Waals surface area contributed by atoms with Crippen LogP contribution >= 0.6 is 0 Å². The summed E-state index contributed by atoms with van der Waals surface area (Å²) in [5.41, 5.74) is 2.93. The summed E-state index contributed by atoms with van der Waals surface area (Å²) in [6.45, 7) is 2.41. The molecule has 0 aromatic heterocycles. The second-order valence-corrected chi connectivity index (χ2v) is 4.08. The van der Waals surface area contributed by atoms with Gasteiger partial charge in [0, 0.05) is 12.2 Å². The molecule has 1 aromatic rings. The van der Waals surface area contributed by atoms with E-state index in [2.05, 4.69) is 0 Å². The molecule has 0 saturated heterocycles. The fourth-order valence-corrected chi connectivity index (χ4v) is 2.08. The van der Waals surface area contributed by atoms with Gasteiger partial charge in [-0.25, -0.2) is 4.79 Å². The molecule has 1 aromatic carbocycles. The van der Waals surface area contributed by atoms with Crippen molar-refractivity contribution in [2.24, 2.45) is 0 Å². The molecule has 0 spiro atoms. The molecule has 4 nitrogen and oxygen atoms in total. The van der Waals surface area contributed by atoms with Crippen LogP contribution in [0.2, 0.25) is 0 Å². The van der Waals surface area contributed by atoms with Crippen molar-refractivity contribution in [1.82, 2.24) is 0 Å². The predicted molar refractivity (Wildman–Crippen MR) is 60.5 cm³/mol. The third kappa shape index (κ3) is 1.76. The number of rotatable bonds is 3. The van der Waals surface area contributed by atoms with E-state index in [1.165, 1.54) is 0 Å². The summed E-state index contributed by atoms with van der Waals surface area (Å²) < 4.78 is 0. The van der Waals surface area contributed by atoms with Gasteiger partial charge in [-0.1, -0.05) is 12.1 Å². The highest BCUT2D eigenvalue weighted by Crippen LogP contribution is 2.30. The molecule has 0 aliphatic carbocycles. The van der Waals surface area contributed by atoms with Crippen molar-refractivity contribution in [1.29, 1.82) is 0 Å². The number of carbonyl (C=O) groups is 1. The Balaban J connectivity index is 2.34. The molecule has 16 heavy (non-hydrogen) atoms. The Morgan fingerprint density at radius 1 is 1.56 bits per heavy atom. The molecule has 1 heterocycles. The highest BCUT2D eigenvalue weighted by atomic mass is 16.4. The van der Waals surface area contributed by atoms with Gasteiger partial charge in [0.1, 0.15) is 6.04 Å². The van der Waals surface area contributed by atoms with Gasteiger partial charge < -0.3 is 15.1 Å². The SMILES string of the molecule is C[C@@H](C(=O)O)N1CCc2ccc(CO)cc21. The molecule has 86 valence electrons. The minimum Gasteiger partial charge on any atom is -0.480 e. The number of aliphatic carboxylic acids is 1. The topological polar surface area (TPSA) is 60.8 Å². The molecule has 0 unspecified atom stereocenters. The second-order valence-electron chi connectivity index (χ2n) is 4.08. The Kier molecular flexibility index (Phi) is 2.83. The van der Waals surface area contributed by atoms with Crippen molar-refractivity contribution in [2.75, 3.05) is 11.4 Å². The number of hydrogen-bond acceptors (Lipinski definition) is 3. The van der Waals surface area contributed by atoms with Gasteiger partial charge in [0.05, 0.1) is 6.61 Å². The number of anilines is 1. The quantitative estimate of drug-likeness (QED) is 0.799. The number of fused-ring (bicyclic) bond motifs is 1. The predicted octanol–water partition coefficient (Wildman–Crippen LogP) is 1.01. The van der Waals surface area contributed by atoms with Crippen LogP contribution in [0.15, 0.2) is 18.2 Å². The molecule has 2 N–H and O–H groups in total. The fraction of sp³-hybridized carbons (Fsp3) is 0.417. The molecule has 1 atom stereocenters. The first-order valence-corrected chi connectivity index (χ1v) is 5.35. The summed E-state index contributed by atoms with van der Waals surface area (Å²) >= 11 is 0. The van der Waals surface area contributed by atoms with Gasteiger partial charge in [0.2, 0.25) is 0 Å². The fourth-order valence-electron chi connectivity index (χ4n) is 2.08. The van der Waals surface area contributed by atoms with Crippen molar-refractivity contribution in [3.63, 3.8) is 0 Å². The molecule has 2 rings (SSSR count). The van der Waals surface area contributed by atoms with Crippen LogP contribution in [0, 0.1) is 0 Å². The monoisotopic (exact) mass is 221 g/mol. The maximum Gasteiger partial charge on any atom is 0.326 e. The average Bonchev–Trinajstić information content (AvgIpc) is 2.70. The molecule has 1 aliphatic heterocycles. The number of hydrogen-bond donors (Lipinski definition) is 2. The van der Waals surface area contributed by atoms with E-state index in [0.29, 0.717) is 0 Å². The normalized spacial score (nSPS) is 16.0. The van der Waals surface area contributed by atoms with E-state index in [9.17, 15) is 4.79 Å². The van der Waals surface area contributed by atoms with Crippen molar-refractivity contribution < 1.29 is 15.0 Å². The second kappa shape index (κ2) is 4.14. The third-order valence-corrected chi connectivity index (χ3v) is 3.09. The van der Waals surface area contributed by atoms with Crippen LogP contribution in [0.25, 0.3) is 0 Å². The number of aliphatic hydroxyl groups is 1. The maximum atomic E-state index is 11.0. The summed E-state index contributed by atoms with van der Waals surface area (Å²) in [6.07, 6.45) is 0.874. The van der Waals surface area contributed by atoms with Crippen LogP contribution in [-0.4, -0.2) is 28.8 Å². The maximum absolute atomic E-state index is 11.0. The van der Waals surface area contributed by atoms with Gasteiger partial charge >= 0.3 is 5.97 Å². The lowest BCUT2D eigenvalue weighted by Crippen LogP contribution is -2.37. The lowest BCUT2D eigenvalue weighted by Gasteiger charge is -2.24. The van der Waals surface area contributed by atoms with Crippen LogP contribution in [0.5, 0.6) is 0 Å². The van der Waals surface area contributed by atoms with Gasteiger partial charge in [-0.2, -0.15) is 0 Å². The molecular weight excluding hydrogens is 206 g/mol. The van der Waals surface area contributed by atoms with Crippen molar-refractivity contribution in [3.8, 4) is 0 Å². The standard InChI is InChI=1S/C12H15NO3/c1-8(12(15)16)13-5-4-10-3-2-9(7-14)6-11(10)13/h2-3,6,8,14H,4-5,7H2,1H3,(H,15,16)/t8-/m0/s1. The summed E-state index contributed by atoms with van der Waals surface area (Å²) in [7, 11) is 0. The third-order valence-electron chi connectivity index (χ3n) is 3.09. The Morgan fingerprint density at radius 2 is 2.31 bits per heavy atom. The van der Waals surface area contributed by atoms with E-state index < -0.39 is 12.0 Å². The van der Waals surface area contributed by atoms with E-state index in [4.69, 9.17) is 10.2 Å². The number of aliphatic hydroxyl groups excluding tert-OH is 1. The van der Waals surface area contributed by atoms with E-state index in [1.54, 1.807) is 6.92 Å². The van der Waals surface area contributed by atoms with Crippen LogP contribution in [0.4, 0.5) is 5.69 Å². The number of carboxylic acid groups (broad SMARTS) is 1. The van der Waals surface area contributed by atoms with Crippen molar-refractivity contribution in [3.05, 3.63) is 29.3 Å². The smallest absolute Gasteiger partial charge is 0.326 e. The Morgan fingerprint density at radius 3 is 2.94 bits per heavy atom. The Hall–Kier alpha value is -1.55. The van der Waals surface area contributed by atoms with Crippen molar-refractivity contribution in [2.45, 2.75) is 26.0 Å². The van der Waals surface area contributed by atoms with Gasteiger partial charge in [-0.05, 0) is 30.5 Å². The number of benzene rings is 1. The van der Waals surface area contributed by atoms with E-state index in [-0.39, 0.29) is 6.61 Å². The summed E-state index contributed by atoms with van der Waals surface area (Å²) in [6, 6.07) is 5.21. The van der Waals surface area contributed by atoms with E-state index in [1.807, 2.05) is 23.1 Å². The molecule has 4 heteroatoms. The number of carboxylic acids is 1. The summed E-state index contributed by atoms with van der Waals surface area (Å²) in [5.74, 6) is -0.817. The lowest BCUT2D eigenvalue weighted by molar-refractivity contribution is -0.138. The summed E-state index contributed by atoms with van der Waals surface area (Å²) in [5, 5.41) is 18.1. The molecule has 0 bridgehead atoms. The van der Waals surface area contributed by atoms with Crippen LogP contribution in [0.1, 0.15) is 18.1 Å². The van der Waals surface area contributed by atoms with Gasteiger partial charge in [-0.15, -0.1) is 0 Å². The van der Waals surface area contributed by atoms with Crippen LogP contribution < -0.4 is 4.90 Å². The zero-order valence-electron chi connectivity index (χ0n) is 9.18. The molecule has 1 aliphatic rings. The minimum absolute atomic E-state index is 0.0113. The van der Waals surface area contributed by atoms with Crippen LogP contribution in [-0.2, 0) is 17.8 Å². The van der Waals surface area contributed by atoms with Gasteiger partial charge in [0.15, 0.2) is 0 Å². The first kappa shape index (κ1) is 11.0. The van der Waals surface area contributed by atoms with E-state index in [0.717, 1.165) is 29.8 Å². The largest absolute Gasteiger partial charge is 0.480 e. The summed E-state index contributed by atoms with van der Waals surface area (Å²) in [4.78, 5) is 12.8. The molecule has 0 radical (unpaired) electrons. The van der Waals surface area contributed by atoms with Gasteiger partial charge in [0.25, 0.3) is 0 Å². The first-order chi connectivity index (χ1) is 7.63. The Bertz CT molecular complexity index is 417.